The van der Waals surface area contributed by atoms with Gasteiger partial charge in [0.25, 0.3) is 0 Å². The lowest BCUT2D eigenvalue weighted by atomic mass is 9.76. The van der Waals surface area contributed by atoms with Crippen LogP contribution in [-0.4, -0.2) is 73.9 Å². The number of ether oxygens (including phenoxy) is 2. The average molecular weight is 493 g/mol. The number of rotatable bonds is 17. The van der Waals surface area contributed by atoms with Gasteiger partial charge in [0.15, 0.2) is 0 Å². The quantitative estimate of drug-likeness (QED) is 0.0902. The number of allylic oxidation sites excluding steroid dienone is 1. The molecule has 206 valence electrons. The number of hydrazine groups is 1. The highest BCUT2D eigenvalue weighted by Crippen LogP contribution is 2.33. The molecule has 0 heterocycles. The third-order valence-corrected chi connectivity index (χ3v) is 5.77. The van der Waals surface area contributed by atoms with Gasteiger partial charge in [0, 0.05) is 37.6 Å². The first-order valence-electron chi connectivity index (χ1n) is 12.3. The van der Waals surface area contributed by atoms with Gasteiger partial charge < -0.3 is 35.7 Å². The van der Waals surface area contributed by atoms with Crippen LogP contribution in [0.1, 0.15) is 74.7 Å². The van der Waals surface area contributed by atoms with Crippen LogP contribution < -0.4 is 16.9 Å². The molecule has 0 fully saturated rings. The Morgan fingerprint density at radius 3 is 2.18 bits per heavy atom. The second kappa shape index (κ2) is 22.1. The molecule has 0 aliphatic heterocycles. The number of carbonyl (C=O) groups excluding carboxylic acids is 1. The molecule has 9 heteroatoms. The maximum absolute atomic E-state index is 9.68. The van der Waals surface area contributed by atoms with Gasteiger partial charge in [-0.3, -0.25) is 4.79 Å². The number of nitrogens with two attached hydrogens (primary N) is 2. The highest BCUT2D eigenvalue weighted by Gasteiger charge is 2.27. The second-order valence-corrected chi connectivity index (χ2v) is 9.80. The monoisotopic (exact) mass is 492 g/mol. The molecule has 7 N–H and O–H groups in total. The fraction of sp³-hybridized carbons (Fsp3) is 0.880. The minimum Gasteiger partial charge on any atom is -0.400 e. The largest absolute Gasteiger partial charge is 0.400 e. The van der Waals surface area contributed by atoms with Crippen LogP contribution in [0.4, 0.5) is 0 Å². The average Bonchev–Trinajstić information content (AvgIpc) is 2.77. The first-order valence-corrected chi connectivity index (χ1v) is 12.3. The van der Waals surface area contributed by atoms with E-state index in [2.05, 4.69) is 46.9 Å². The van der Waals surface area contributed by atoms with Crippen LogP contribution in [-0.2, 0) is 14.3 Å². The van der Waals surface area contributed by atoms with Crippen molar-refractivity contribution in [1.82, 2.24) is 10.3 Å². The Balaban J connectivity index is -0.000000806. The molecule has 0 aliphatic carbocycles. The van der Waals surface area contributed by atoms with E-state index in [4.69, 9.17) is 31.3 Å². The predicted molar refractivity (Wildman–Crippen MR) is 141 cm³/mol. The van der Waals surface area contributed by atoms with Crippen molar-refractivity contribution >= 4 is 6.41 Å². The maximum Gasteiger partial charge on any atom is 0.207 e. The third-order valence-electron chi connectivity index (χ3n) is 5.77. The van der Waals surface area contributed by atoms with E-state index in [1.165, 1.54) is 0 Å². The molecule has 0 aliphatic rings. The predicted octanol–water partition coefficient (Wildman–Crippen LogP) is 2.62. The normalized spacial score (nSPS) is 12.8. The zero-order chi connectivity index (χ0) is 27.2. The molecule has 34 heavy (non-hydrogen) atoms. The van der Waals surface area contributed by atoms with E-state index in [0.29, 0.717) is 44.6 Å². The van der Waals surface area contributed by atoms with E-state index >= 15 is 0 Å². The third kappa shape index (κ3) is 21.2. The van der Waals surface area contributed by atoms with E-state index in [9.17, 15) is 4.79 Å². The van der Waals surface area contributed by atoms with Crippen LogP contribution in [0.2, 0.25) is 0 Å². The van der Waals surface area contributed by atoms with Gasteiger partial charge in [-0.25, -0.2) is 5.84 Å². The van der Waals surface area contributed by atoms with E-state index < -0.39 is 0 Å². The molecule has 0 aromatic rings. The van der Waals surface area contributed by atoms with Crippen LogP contribution in [0.15, 0.2) is 11.9 Å². The standard InChI is InChI=1S/C18H39N3O3.C6H13NO.CH4O/c1-7-15(2)18(5,6)16(19)14-21(20)9-11-23-12-13-24-17(3,4)8-10-22;1-6(2)3-4-7-5-8;1-2/h14-15,22H,7-13,19-20H2,1-6H3;5-6H,3-4H2,1-2H3,(H,7,8);2H,1H3/b16-14-;;. The maximum atomic E-state index is 9.68. The van der Waals surface area contributed by atoms with Crippen molar-refractivity contribution in [2.24, 2.45) is 28.8 Å². The second-order valence-electron chi connectivity index (χ2n) is 9.80. The van der Waals surface area contributed by atoms with Gasteiger partial charge in [0.1, 0.15) is 0 Å². The summed E-state index contributed by atoms with van der Waals surface area (Å²) in [6.07, 6.45) is 5.29. The van der Waals surface area contributed by atoms with Gasteiger partial charge in [-0.05, 0) is 38.5 Å². The summed E-state index contributed by atoms with van der Waals surface area (Å²) in [4.78, 5) is 9.68. The summed E-state index contributed by atoms with van der Waals surface area (Å²) in [6.45, 7) is 19.8. The molecule has 1 unspecified atom stereocenters. The molecule has 1 amide bonds. The van der Waals surface area contributed by atoms with Gasteiger partial charge in [-0.1, -0.05) is 48.0 Å². The number of hydrogen-bond donors (Lipinski definition) is 5. The summed E-state index contributed by atoms with van der Waals surface area (Å²) in [6, 6.07) is 0. The molecule has 0 rings (SSSR count). The van der Waals surface area contributed by atoms with Crippen LogP contribution in [0.3, 0.4) is 0 Å². The molecule has 1 atom stereocenters. The lowest BCUT2D eigenvalue weighted by Crippen LogP contribution is -2.35. The van der Waals surface area contributed by atoms with Gasteiger partial charge in [0.2, 0.25) is 6.41 Å². The SMILES string of the molecule is CC(C)CCNC=O.CCC(C)C(C)(C)/C(N)=C/N(N)CCOCCOC(C)(C)CCO.CO. The molecule has 0 bridgehead atoms. The first kappa shape index (κ1) is 37.2. The van der Waals surface area contributed by atoms with E-state index in [0.717, 1.165) is 38.6 Å². The lowest BCUT2D eigenvalue weighted by Gasteiger charge is -2.32. The molecule has 0 spiro atoms. The minimum atomic E-state index is -0.323. The Bertz CT molecular complexity index is 500. The van der Waals surface area contributed by atoms with Crippen LogP contribution >= 0.6 is 0 Å². The van der Waals surface area contributed by atoms with Crippen molar-refractivity contribution < 1.29 is 24.5 Å². The van der Waals surface area contributed by atoms with E-state index in [-0.39, 0.29) is 17.6 Å². The smallest absolute Gasteiger partial charge is 0.207 e. The number of aliphatic hydroxyl groups is 2. The number of nitrogens with one attached hydrogen (secondary N) is 1. The fourth-order valence-electron chi connectivity index (χ4n) is 2.63. The Hall–Kier alpha value is -1.39. The lowest BCUT2D eigenvalue weighted by molar-refractivity contribution is -0.109. The van der Waals surface area contributed by atoms with Gasteiger partial charge in [0.05, 0.1) is 32.0 Å². The fourth-order valence-corrected chi connectivity index (χ4v) is 2.63. The number of carbonyl (C=O) groups is 1. The zero-order valence-corrected chi connectivity index (χ0v) is 23.4. The van der Waals surface area contributed by atoms with Crippen molar-refractivity contribution in [2.45, 2.75) is 80.3 Å². The molecule has 0 saturated carbocycles. The van der Waals surface area contributed by atoms with Gasteiger partial charge in [-0.2, -0.15) is 0 Å². The summed E-state index contributed by atoms with van der Waals surface area (Å²) in [5.41, 5.74) is 6.59. The highest BCUT2D eigenvalue weighted by atomic mass is 16.5. The van der Waals surface area contributed by atoms with Crippen molar-refractivity contribution in [2.75, 3.05) is 46.6 Å². The number of nitrogens with zero attached hydrogens (tertiary/aromatic N) is 1. The summed E-state index contributed by atoms with van der Waals surface area (Å²) in [5.74, 6) is 7.14. The van der Waals surface area contributed by atoms with Crippen LogP contribution in [0.5, 0.6) is 0 Å². The summed E-state index contributed by atoms with van der Waals surface area (Å²) >= 11 is 0. The van der Waals surface area contributed by atoms with E-state index in [1.807, 2.05) is 13.8 Å². The Morgan fingerprint density at radius 1 is 1.12 bits per heavy atom. The Morgan fingerprint density at radius 2 is 1.71 bits per heavy atom. The molecular formula is C25H56N4O5. The van der Waals surface area contributed by atoms with Gasteiger partial charge in [-0.15, -0.1) is 0 Å². The van der Waals surface area contributed by atoms with Crippen molar-refractivity contribution in [3.8, 4) is 0 Å². The molecule has 0 aromatic heterocycles. The summed E-state index contributed by atoms with van der Waals surface area (Å²) in [5, 5.41) is 20.1. The van der Waals surface area contributed by atoms with Crippen molar-refractivity contribution in [3.63, 3.8) is 0 Å². The zero-order valence-electron chi connectivity index (χ0n) is 23.4. The number of amides is 1. The highest BCUT2D eigenvalue weighted by molar-refractivity contribution is 5.45. The van der Waals surface area contributed by atoms with Crippen molar-refractivity contribution in [1.29, 1.82) is 0 Å². The van der Waals surface area contributed by atoms with Crippen molar-refractivity contribution in [3.05, 3.63) is 11.9 Å². The molecule has 9 nitrogen and oxygen atoms in total. The topological polar surface area (TPSA) is 143 Å². The van der Waals surface area contributed by atoms with Crippen LogP contribution in [0, 0.1) is 17.3 Å². The summed E-state index contributed by atoms with van der Waals surface area (Å²) < 4.78 is 11.2. The molecule has 0 saturated heterocycles. The van der Waals surface area contributed by atoms with Crippen LogP contribution in [0.25, 0.3) is 0 Å². The number of aliphatic hydroxyl groups excluding tert-OH is 2. The first-order chi connectivity index (χ1) is 15.8. The number of hydrogen-bond acceptors (Lipinski definition) is 8. The van der Waals surface area contributed by atoms with Gasteiger partial charge >= 0.3 is 0 Å². The Kier molecular flexibility index (Phi) is 24.2. The molecule has 0 aromatic carbocycles. The molecule has 0 radical (unpaired) electrons. The minimum absolute atomic E-state index is 0.0840. The summed E-state index contributed by atoms with van der Waals surface area (Å²) in [7, 11) is 1.00. The Labute approximate surface area is 209 Å². The van der Waals surface area contributed by atoms with E-state index in [1.54, 1.807) is 11.2 Å². The molecular weight excluding hydrogens is 436 g/mol.